The maximum Gasteiger partial charge on any atom is 0.108 e. The third kappa shape index (κ3) is 2.85. The number of anilines is 1. The van der Waals surface area contributed by atoms with Crippen LogP contribution in [0.2, 0.25) is 0 Å². The SMILES string of the molecule is Cn1ccnc1CCC(O)c1cccc(N)c1. The molecular weight excluding hydrogens is 214 g/mol. The molecule has 0 amide bonds. The van der Waals surface area contributed by atoms with Crippen LogP contribution in [0.5, 0.6) is 0 Å². The maximum absolute atomic E-state index is 10.0. The van der Waals surface area contributed by atoms with Crippen molar-refractivity contribution in [2.24, 2.45) is 7.05 Å². The lowest BCUT2D eigenvalue weighted by Gasteiger charge is -2.11. The minimum atomic E-state index is -0.491. The first kappa shape index (κ1) is 11.7. The van der Waals surface area contributed by atoms with Crippen LogP contribution in [0.4, 0.5) is 5.69 Å². The van der Waals surface area contributed by atoms with Crippen molar-refractivity contribution in [1.82, 2.24) is 9.55 Å². The number of hydrogen-bond donors (Lipinski definition) is 2. The fraction of sp³-hybridized carbons (Fsp3) is 0.308. The van der Waals surface area contributed by atoms with Gasteiger partial charge < -0.3 is 15.4 Å². The highest BCUT2D eigenvalue weighted by molar-refractivity contribution is 5.41. The molecule has 90 valence electrons. The molecule has 0 saturated heterocycles. The number of aliphatic hydroxyl groups excluding tert-OH is 1. The molecule has 0 aliphatic carbocycles. The number of nitrogens with zero attached hydrogens (tertiary/aromatic N) is 2. The number of aliphatic hydroxyl groups is 1. The van der Waals surface area contributed by atoms with E-state index < -0.39 is 6.10 Å². The average Bonchev–Trinajstić information content (AvgIpc) is 2.72. The fourth-order valence-corrected chi connectivity index (χ4v) is 1.84. The molecule has 3 N–H and O–H groups in total. The summed E-state index contributed by atoms with van der Waals surface area (Å²) in [5, 5.41) is 10.0. The van der Waals surface area contributed by atoms with Crippen LogP contribution in [-0.2, 0) is 13.5 Å². The highest BCUT2D eigenvalue weighted by atomic mass is 16.3. The van der Waals surface area contributed by atoms with Crippen LogP contribution < -0.4 is 5.73 Å². The van der Waals surface area contributed by atoms with Crippen LogP contribution >= 0.6 is 0 Å². The number of rotatable bonds is 4. The fourth-order valence-electron chi connectivity index (χ4n) is 1.84. The van der Waals surface area contributed by atoms with E-state index in [4.69, 9.17) is 5.73 Å². The van der Waals surface area contributed by atoms with Crippen molar-refractivity contribution >= 4 is 5.69 Å². The minimum absolute atomic E-state index is 0.491. The van der Waals surface area contributed by atoms with Crippen molar-refractivity contribution in [3.63, 3.8) is 0 Å². The van der Waals surface area contributed by atoms with Crippen LogP contribution in [0.25, 0.3) is 0 Å². The zero-order valence-electron chi connectivity index (χ0n) is 9.87. The molecule has 2 rings (SSSR count). The molecule has 0 bridgehead atoms. The lowest BCUT2D eigenvalue weighted by Crippen LogP contribution is -2.04. The second kappa shape index (κ2) is 5.01. The number of imidazole rings is 1. The van der Waals surface area contributed by atoms with Crippen molar-refractivity contribution in [1.29, 1.82) is 0 Å². The molecule has 1 aromatic carbocycles. The Morgan fingerprint density at radius 1 is 1.47 bits per heavy atom. The third-order valence-electron chi connectivity index (χ3n) is 2.86. The molecule has 0 radical (unpaired) electrons. The van der Waals surface area contributed by atoms with Gasteiger partial charge in [-0.25, -0.2) is 4.98 Å². The van der Waals surface area contributed by atoms with Crippen LogP contribution in [-0.4, -0.2) is 14.7 Å². The molecule has 1 atom stereocenters. The predicted molar refractivity (Wildman–Crippen MR) is 67.3 cm³/mol. The zero-order valence-corrected chi connectivity index (χ0v) is 9.87. The molecule has 0 saturated carbocycles. The van der Waals surface area contributed by atoms with Gasteiger partial charge in [-0.1, -0.05) is 12.1 Å². The van der Waals surface area contributed by atoms with Crippen molar-refractivity contribution in [3.8, 4) is 0 Å². The third-order valence-corrected chi connectivity index (χ3v) is 2.86. The van der Waals surface area contributed by atoms with Gasteiger partial charge in [0.2, 0.25) is 0 Å². The van der Waals surface area contributed by atoms with E-state index in [-0.39, 0.29) is 0 Å². The Labute approximate surface area is 101 Å². The number of nitrogens with two attached hydrogens (primary N) is 1. The van der Waals surface area contributed by atoms with Crippen molar-refractivity contribution in [2.45, 2.75) is 18.9 Å². The predicted octanol–water partition coefficient (Wildman–Crippen LogP) is 1.67. The quantitative estimate of drug-likeness (QED) is 0.787. The summed E-state index contributed by atoms with van der Waals surface area (Å²) >= 11 is 0. The smallest absolute Gasteiger partial charge is 0.108 e. The highest BCUT2D eigenvalue weighted by Gasteiger charge is 2.09. The summed E-state index contributed by atoms with van der Waals surface area (Å²) in [4.78, 5) is 4.23. The minimum Gasteiger partial charge on any atom is -0.399 e. The van der Waals surface area contributed by atoms with Gasteiger partial charge in [0.05, 0.1) is 6.10 Å². The lowest BCUT2D eigenvalue weighted by atomic mass is 10.0. The lowest BCUT2D eigenvalue weighted by molar-refractivity contribution is 0.167. The van der Waals surface area contributed by atoms with Crippen molar-refractivity contribution in [3.05, 3.63) is 48.0 Å². The van der Waals surface area contributed by atoms with E-state index in [1.54, 1.807) is 6.20 Å². The van der Waals surface area contributed by atoms with E-state index in [1.807, 2.05) is 42.1 Å². The first-order chi connectivity index (χ1) is 8.16. The Morgan fingerprint density at radius 2 is 2.29 bits per heavy atom. The summed E-state index contributed by atoms with van der Waals surface area (Å²) < 4.78 is 1.96. The van der Waals surface area contributed by atoms with Gasteiger partial charge in [-0.2, -0.15) is 0 Å². The molecule has 2 aromatic rings. The second-order valence-electron chi connectivity index (χ2n) is 4.18. The topological polar surface area (TPSA) is 64.1 Å². The standard InChI is InChI=1S/C13H17N3O/c1-16-8-7-15-13(16)6-5-12(17)10-3-2-4-11(14)9-10/h2-4,7-9,12,17H,5-6,14H2,1H3. The van der Waals surface area contributed by atoms with Gasteiger partial charge in [0, 0.05) is 31.5 Å². The van der Waals surface area contributed by atoms with Crippen LogP contribution in [0.3, 0.4) is 0 Å². The van der Waals surface area contributed by atoms with E-state index in [9.17, 15) is 5.11 Å². The number of benzene rings is 1. The van der Waals surface area contributed by atoms with E-state index in [2.05, 4.69) is 4.98 Å². The highest BCUT2D eigenvalue weighted by Crippen LogP contribution is 2.20. The molecule has 1 unspecified atom stereocenters. The van der Waals surface area contributed by atoms with Gasteiger partial charge >= 0.3 is 0 Å². The molecule has 0 aliphatic heterocycles. The molecule has 0 fully saturated rings. The largest absolute Gasteiger partial charge is 0.399 e. The van der Waals surface area contributed by atoms with E-state index in [0.717, 1.165) is 17.8 Å². The van der Waals surface area contributed by atoms with Gasteiger partial charge in [-0.3, -0.25) is 0 Å². The maximum atomic E-state index is 10.0. The first-order valence-corrected chi connectivity index (χ1v) is 5.66. The summed E-state index contributed by atoms with van der Waals surface area (Å²) in [6.07, 6.45) is 4.58. The van der Waals surface area contributed by atoms with E-state index >= 15 is 0 Å². The first-order valence-electron chi connectivity index (χ1n) is 5.66. The number of aryl methyl sites for hydroxylation is 2. The Bertz CT molecular complexity index is 493. The van der Waals surface area contributed by atoms with Crippen LogP contribution in [0.1, 0.15) is 23.9 Å². The summed E-state index contributed by atoms with van der Waals surface area (Å²) in [6.45, 7) is 0. The molecule has 0 spiro atoms. The average molecular weight is 231 g/mol. The summed E-state index contributed by atoms with van der Waals surface area (Å²) in [5.74, 6) is 0.980. The Balaban J connectivity index is 1.98. The van der Waals surface area contributed by atoms with Gasteiger partial charge in [0.25, 0.3) is 0 Å². The Kier molecular flexibility index (Phi) is 3.44. The molecular formula is C13H17N3O. The summed E-state index contributed by atoms with van der Waals surface area (Å²) in [6, 6.07) is 7.37. The zero-order chi connectivity index (χ0) is 12.3. The van der Waals surface area contributed by atoms with Gasteiger partial charge in [0.1, 0.15) is 5.82 Å². The molecule has 1 aromatic heterocycles. The number of hydrogen-bond acceptors (Lipinski definition) is 3. The molecule has 1 heterocycles. The number of aromatic nitrogens is 2. The Hall–Kier alpha value is -1.81. The van der Waals surface area contributed by atoms with E-state index in [0.29, 0.717) is 12.1 Å². The van der Waals surface area contributed by atoms with E-state index in [1.165, 1.54) is 0 Å². The van der Waals surface area contributed by atoms with Gasteiger partial charge in [-0.15, -0.1) is 0 Å². The van der Waals surface area contributed by atoms with Crippen molar-refractivity contribution < 1.29 is 5.11 Å². The molecule has 0 aliphatic rings. The van der Waals surface area contributed by atoms with Gasteiger partial charge in [-0.05, 0) is 24.1 Å². The van der Waals surface area contributed by atoms with Crippen LogP contribution in [0, 0.1) is 0 Å². The Morgan fingerprint density at radius 3 is 2.94 bits per heavy atom. The monoisotopic (exact) mass is 231 g/mol. The summed E-state index contributed by atoms with van der Waals surface area (Å²) in [5.41, 5.74) is 7.22. The van der Waals surface area contributed by atoms with Crippen LogP contribution in [0.15, 0.2) is 36.7 Å². The normalized spacial score (nSPS) is 12.6. The summed E-state index contributed by atoms with van der Waals surface area (Å²) in [7, 11) is 1.95. The molecule has 17 heavy (non-hydrogen) atoms. The molecule has 4 heteroatoms. The van der Waals surface area contributed by atoms with Gasteiger partial charge in [0.15, 0.2) is 0 Å². The second-order valence-corrected chi connectivity index (χ2v) is 4.18. The molecule has 4 nitrogen and oxygen atoms in total. The van der Waals surface area contributed by atoms with Crippen molar-refractivity contribution in [2.75, 3.05) is 5.73 Å². The number of nitrogen functional groups attached to an aromatic ring is 1.